The van der Waals surface area contributed by atoms with Gasteiger partial charge in [-0.25, -0.2) is 13.1 Å². The van der Waals surface area contributed by atoms with Gasteiger partial charge in [0.1, 0.15) is 12.4 Å². The fourth-order valence-corrected chi connectivity index (χ4v) is 4.01. The van der Waals surface area contributed by atoms with E-state index >= 15 is 0 Å². The van der Waals surface area contributed by atoms with Crippen LogP contribution in [-0.2, 0) is 26.1 Å². The van der Waals surface area contributed by atoms with E-state index in [0.29, 0.717) is 12.4 Å². The molecule has 1 amide bonds. The third-order valence-corrected chi connectivity index (χ3v) is 4.91. The van der Waals surface area contributed by atoms with Crippen molar-refractivity contribution in [2.45, 2.75) is 31.2 Å². The molecule has 1 aromatic heterocycles. The van der Waals surface area contributed by atoms with E-state index in [1.54, 1.807) is 12.1 Å². The average molecular weight is 344 g/mol. The Morgan fingerprint density at radius 3 is 2.87 bits per heavy atom. The minimum atomic E-state index is -3.38. The maximum Gasteiger partial charge on any atom is 0.287 e. The normalized spacial score (nSPS) is 29.8. The predicted octanol–water partition coefficient (Wildman–Crippen LogP) is -0.139. The third-order valence-electron chi connectivity index (χ3n) is 4.21. The lowest BCUT2D eigenvalue weighted by molar-refractivity contribution is -0.0197. The lowest BCUT2D eigenvalue weighted by Gasteiger charge is -2.47. The molecule has 0 spiro atoms. The number of rotatable bonds is 6. The number of nitrogens with one attached hydrogen (secondary N) is 2. The molecule has 2 fully saturated rings. The molecule has 1 aliphatic heterocycles. The number of amides is 1. The summed E-state index contributed by atoms with van der Waals surface area (Å²) in [6, 6.07) is 2.49. The Labute approximate surface area is 134 Å². The van der Waals surface area contributed by atoms with Gasteiger partial charge in [0.15, 0.2) is 5.76 Å². The van der Waals surface area contributed by atoms with Gasteiger partial charge in [-0.1, -0.05) is 0 Å². The van der Waals surface area contributed by atoms with Crippen molar-refractivity contribution in [1.29, 1.82) is 0 Å². The van der Waals surface area contributed by atoms with Crippen molar-refractivity contribution in [2.24, 2.45) is 5.92 Å². The van der Waals surface area contributed by atoms with Crippen molar-refractivity contribution >= 4 is 15.9 Å². The van der Waals surface area contributed by atoms with Gasteiger partial charge in [0, 0.05) is 19.6 Å². The third kappa shape index (κ3) is 3.42. The molecule has 2 N–H and O–H groups in total. The number of sulfonamides is 1. The van der Waals surface area contributed by atoms with Gasteiger partial charge in [-0.15, -0.1) is 0 Å². The molecule has 0 bridgehead atoms. The van der Waals surface area contributed by atoms with Crippen molar-refractivity contribution < 1.29 is 27.1 Å². The Morgan fingerprint density at radius 1 is 1.39 bits per heavy atom. The molecule has 8 nitrogen and oxygen atoms in total. The van der Waals surface area contributed by atoms with E-state index in [1.807, 2.05) is 0 Å². The highest BCUT2D eigenvalue weighted by Crippen LogP contribution is 2.39. The number of carbonyl (C=O) groups is 1. The van der Waals surface area contributed by atoms with Crippen LogP contribution in [0.2, 0.25) is 0 Å². The molecule has 1 aromatic rings. The molecule has 0 radical (unpaired) electrons. The molecule has 4 atom stereocenters. The zero-order valence-corrected chi connectivity index (χ0v) is 13.8. The summed E-state index contributed by atoms with van der Waals surface area (Å²) in [5.41, 5.74) is 0. The van der Waals surface area contributed by atoms with E-state index in [2.05, 4.69) is 10.0 Å². The Kier molecular flexibility index (Phi) is 4.45. The van der Waals surface area contributed by atoms with E-state index in [9.17, 15) is 13.2 Å². The summed E-state index contributed by atoms with van der Waals surface area (Å²) in [7, 11) is -1.84. The number of fused-ring (bicyclic) bond motifs is 1. The largest absolute Gasteiger partial charge is 0.453 e. The highest BCUT2D eigenvalue weighted by molar-refractivity contribution is 7.88. The molecular formula is C14H20N2O6S. The number of ether oxygens (including phenoxy) is 2. The summed E-state index contributed by atoms with van der Waals surface area (Å²) in [5.74, 6) is 0.478. The van der Waals surface area contributed by atoms with Gasteiger partial charge in [-0.2, -0.15) is 0 Å². The zero-order chi connectivity index (χ0) is 16.6. The van der Waals surface area contributed by atoms with Crippen LogP contribution in [-0.4, -0.2) is 52.5 Å². The van der Waals surface area contributed by atoms with Crippen LogP contribution >= 0.6 is 0 Å². The van der Waals surface area contributed by atoms with Crippen LogP contribution in [0.3, 0.4) is 0 Å². The second kappa shape index (κ2) is 6.23. The van der Waals surface area contributed by atoms with E-state index in [-0.39, 0.29) is 36.3 Å². The summed E-state index contributed by atoms with van der Waals surface area (Å²) < 4.78 is 41.4. The van der Waals surface area contributed by atoms with Gasteiger partial charge in [0.25, 0.3) is 5.91 Å². The van der Waals surface area contributed by atoms with Crippen LogP contribution in [0.25, 0.3) is 0 Å². The first kappa shape index (κ1) is 16.4. The number of methoxy groups -OCH3 is 1. The average Bonchev–Trinajstić information content (AvgIpc) is 3.09. The summed E-state index contributed by atoms with van der Waals surface area (Å²) in [4.78, 5) is 12.3. The minimum Gasteiger partial charge on any atom is -0.453 e. The number of carbonyl (C=O) groups excluding carboxylic acids is 1. The Morgan fingerprint density at radius 2 is 2.17 bits per heavy atom. The smallest absolute Gasteiger partial charge is 0.287 e. The second-order valence-corrected chi connectivity index (χ2v) is 7.68. The van der Waals surface area contributed by atoms with Crippen molar-refractivity contribution in [3.8, 4) is 0 Å². The van der Waals surface area contributed by atoms with Gasteiger partial charge in [0.2, 0.25) is 10.0 Å². The van der Waals surface area contributed by atoms with Gasteiger partial charge < -0.3 is 19.2 Å². The van der Waals surface area contributed by atoms with Crippen LogP contribution in [0.4, 0.5) is 0 Å². The first-order chi connectivity index (χ1) is 10.9. The van der Waals surface area contributed by atoms with Crippen LogP contribution in [0, 0.1) is 5.92 Å². The Hall–Kier alpha value is -1.42. The molecule has 128 valence electrons. The SMILES string of the molecule is COCc1ccc(C(=O)N[C@@H]2[C@@H]3CCO[C@@H]3[C@H]2NS(C)(=O)=O)o1. The maximum absolute atomic E-state index is 12.3. The van der Waals surface area contributed by atoms with E-state index < -0.39 is 16.1 Å². The standard InChI is InChI=1S/C14H20N2O6S/c1-20-7-8-3-4-10(22-8)14(17)15-11-9-5-6-21-13(9)12(11)16-23(2,18)19/h3-4,9,11-13,16H,5-7H2,1-2H3,(H,15,17)/t9-,11+,12-,13-/m0/s1. The molecule has 2 heterocycles. The number of furan rings is 1. The van der Waals surface area contributed by atoms with E-state index in [1.165, 1.54) is 7.11 Å². The highest BCUT2D eigenvalue weighted by atomic mass is 32.2. The van der Waals surface area contributed by atoms with Crippen molar-refractivity contribution in [3.05, 3.63) is 23.7 Å². The lowest BCUT2D eigenvalue weighted by Crippen LogP contribution is -2.70. The Bertz CT molecular complexity index is 685. The van der Waals surface area contributed by atoms with Crippen molar-refractivity contribution in [3.63, 3.8) is 0 Å². The maximum atomic E-state index is 12.3. The molecule has 9 heteroatoms. The first-order valence-corrected chi connectivity index (χ1v) is 9.25. The molecule has 3 rings (SSSR count). The van der Waals surface area contributed by atoms with Crippen LogP contribution in [0.15, 0.2) is 16.5 Å². The van der Waals surface area contributed by atoms with Crippen LogP contribution in [0.1, 0.15) is 22.7 Å². The van der Waals surface area contributed by atoms with E-state index in [0.717, 1.165) is 12.7 Å². The van der Waals surface area contributed by atoms with Crippen molar-refractivity contribution in [2.75, 3.05) is 20.0 Å². The van der Waals surface area contributed by atoms with Crippen LogP contribution in [0.5, 0.6) is 0 Å². The van der Waals surface area contributed by atoms with Gasteiger partial charge in [0.05, 0.1) is 24.4 Å². The van der Waals surface area contributed by atoms with Gasteiger partial charge >= 0.3 is 0 Å². The lowest BCUT2D eigenvalue weighted by atomic mass is 9.72. The molecule has 1 saturated carbocycles. The Balaban J connectivity index is 1.68. The molecule has 0 unspecified atom stereocenters. The summed E-state index contributed by atoms with van der Waals surface area (Å²) in [6.45, 7) is 0.857. The second-order valence-electron chi connectivity index (χ2n) is 5.90. The molecule has 1 aliphatic carbocycles. The minimum absolute atomic E-state index is 0.117. The fourth-order valence-electron chi connectivity index (χ4n) is 3.23. The topological polar surface area (TPSA) is 107 Å². The molecule has 0 aromatic carbocycles. The summed E-state index contributed by atoms with van der Waals surface area (Å²) in [5, 5.41) is 2.85. The zero-order valence-electron chi connectivity index (χ0n) is 12.9. The summed E-state index contributed by atoms with van der Waals surface area (Å²) in [6.07, 6.45) is 1.71. The quantitative estimate of drug-likeness (QED) is 0.744. The monoisotopic (exact) mass is 344 g/mol. The summed E-state index contributed by atoms with van der Waals surface area (Å²) >= 11 is 0. The van der Waals surface area contributed by atoms with Crippen LogP contribution < -0.4 is 10.0 Å². The van der Waals surface area contributed by atoms with E-state index in [4.69, 9.17) is 13.9 Å². The molecular weight excluding hydrogens is 324 g/mol. The van der Waals surface area contributed by atoms with Gasteiger partial charge in [-0.05, 0) is 18.6 Å². The van der Waals surface area contributed by atoms with Crippen molar-refractivity contribution in [1.82, 2.24) is 10.0 Å². The highest BCUT2D eigenvalue weighted by Gasteiger charge is 2.55. The predicted molar refractivity (Wildman–Crippen MR) is 80.3 cm³/mol. The molecule has 23 heavy (non-hydrogen) atoms. The number of hydrogen-bond acceptors (Lipinski definition) is 6. The fraction of sp³-hybridized carbons (Fsp3) is 0.643. The first-order valence-electron chi connectivity index (χ1n) is 7.36. The molecule has 2 aliphatic rings. The van der Waals surface area contributed by atoms with Gasteiger partial charge in [-0.3, -0.25) is 4.79 Å². The molecule has 1 saturated heterocycles. The number of hydrogen-bond donors (Lipinski definition) is 2.